The van der Waals surface area contributed by atoms with Gasteiger partial charge in [0.2, 0.25) is 5.56 Å². The standard InChI is InChI=1S/C21H30N4O2/c1-3-22-21(24-17-18-11-5-6-12-19(18)27-4-2)23-14-8-10-16-25-15-9-7-13-20(25)26/h5-7,9,11-13,15H,3-4,8,10,14,16-17H2,1-2H3,(H2,22,23,24). The number of aromatic nitrogens is 1. The number of pyridine rings is 1. The molecule has 0 spiro atoms. The Labute approximate surface area is 161 Å². The fraction of sp³-hybridized carbons (Fsp3) is 0.429. The first-order valence-corrected chi connectivity index (χ1v) is 9.63. The number of unbranched alkanes of at least 4 members (excludes halogenated alkanes) is 1. The van der Waals surface area contributed by atoms with Crippen LogP contribution in [0.5, 0.6) is 5.75 Å². The third-order valence-corrected chi connectivity index (χ3v) is 4.04. The molecule has 0 amide bonds. The van der Waals surface area contributed by atoms with Gasteiger partial charge in [0.05, 0.1) is 13.2 Å². The van der Waals surface area contributed by atoms with Crippen molar-refractivity contribution in [3.63, 3.8) is 0 Å². The van der Waals surface area contributed by atoms with Crippen molar-refractivity contribution in [2.75, 3.05) is 19.7 Å². The molecule has 1 heterocycles. The highest BCUT2D eigenvalue weighted by Crippen LogP contribution is 2.18. The molecular weight excluding hydrogens is 340 g/mol. The van der Waals surface area contributed by atoms with Crippen LogP contribution in [0, 0.1) is 0 Å². The summed E-state index contributed by atoms with van der Waals surface area (Å²) < 4.78 is 7.40. The van der Waals surface area contributed by atoms with Gasteiger partial charge in [-0.25, -0.2) is 4.99 Å². The predicted molar refractivity (Wildman–Crippen MR) is 110 cm³/mol. The van der Waals surface area contributed by atoms with E-state index in [1.54, 1.807) is 16.7 Å². The Kier molecular flexibility index (Phi) is 8.96. The second kappa shape index (κ2) is 11.8. The number of hydrogen-bond acceptors (Lipinski definition) is 3. The number of aliphatic imine (C=N–C) groups is 1. The van der Waals surface area contributed by atoms with Crippen LogP contribution in [0.25, 0.3) is 0 Å². The van der Waals surface area contributed by atoms with Gasteiger partial charge in [-0.2, -0.15) is 0 Å². The van der Waals surface area contributed by atoms with E-state index in [0.717, 1.165) is 49.7 Å². The van der Waals surface area contributed by atoms with E-state index in [0.29, 0.717) is 13.2 Å². The third kappa shape index (κ3) is 7.17. The molecule has 6 heteroatoms. The van der Waals surface area contributed by atoms with Crippen LogP contribution in [0.3, 0.4) is 0 Å². The van der Waals surface area contributed by atoms with E-state index in [2.05, 4.69) is 15.6 Å². The van der Waals surface area contributed by atoms with E-state index in [1.807, 2.05) is 50.4 Å². The summed E-state index contributed by atoms with van der Waals surface area (Å²) >= 11 is 0. The van der Waals surface area contributed by atoms with Gasteiger partial charge in [0.15, 0.2) is 5.96 Å². The number of hydrogen-bond donors (Lipinski definition) is 2. The average Bonchev–Trinajstić information content (AvgIpc) is 2.68. The summed E-state index contributed by atoms with van der Waals surface area (Å²) in [6.07, 6.45) is 3.72. The van der Waals surface area contributed by atoms with Gasteiger partial charge < -0.3 is 19.9 Å². The lowest BCUT2D eigenvalue weighted by Crippen LogP contribution is -2.37. The zero-order chi connectivity index (χ0) is 19.3. The van der Waals surface area contributed by atoms with Gasteiger partial charge in [0, 0.05) is 37.5 Å². The highest BCUT2D eigenvalue weighted by atomic mass is 16.5. The van der Waals surface area contributed by atoms with Crippen molar-refractivity contribution in [3.05, 3.63) is 64.6 Å². The second-order valence-corrected chi connectivity index (χ2v) is 6.10. The molecule has 27 heavy (non-hydrogen) atoms. The largest absolute Gasteiger partial charge is 0.494 e. The molecule has 0 unspecified atom stereocenters. The molecule has 2 rings (SSSR count). The molecule has 0 aliphatic rings. The van der Waals surface area contributed by atoms with Crippen LogP contribution in [0.4, 0.5) is 0 Å². The summed E-state index contributed by atoms with van der Waals surface area (Å²) in [6.45, 7) is 7.58. The number of ether oxygens (including phenoxy) is 1. The molecular formula is C21H30N4O2. The van der Waals surface area contributed by atoms with Crippen molar-refractivity contribution in [1.82, 2.24) is 15.2 Å². The van der Waals surface area contributed by atoms with Gasteiger partial charge in [0.1, 0.15) is 5.75 Å². The van der Waals surface area contributed by atoms with E-state index in [4.69, 9.17) is 4.74 Å². The number of rotatable bonds is 10. The summed E-state index contributed by atoms with van der Waals surface area (Å²) in [6, 6.07) is 13.2. The highest BCUT2D eigenvalue weighted by molar-refractivity contribution is 5.79. The van der Waals surface area contributed by atoms with E-state index in [-0.39, 0.29) is 5.56 Å². The summed E-state index contributed by atoms with van der Waals surface area (Å²) in [5, 5.41) is 6.62. The number of guanidine groups is 1. The lowest BCUT2D eigenvalue weighted by molar-refractivity contribution is 0.336. The van der Waals surface area contributed by atoms with Crippen molar-refractivity contribution in [3.8, 4) is 5.75 Å². The molecule has 146 valence electrons. The molecule has 0 fully saturated rings. The SMILES string of the molecule is CCNC(=NCc1ccccc1OCC)NCCCCn1ccccc1=O. The first-order chi connectivity index (χ1) is 13.2. The van der Waals surface area contributed by atoms with Crippen molar-refractivity contribution in [2.24, 2.45) is 4.99 Å². The van der Waals surface area contributed by atoms with Crippen LogP contribution in [0.15, 0.2) is 58.4 Å². The Morgan fingerprint density at radius 1 is 1.07 bits per heavy atom. The summed E-state index contributed by atoms with van der Waals surface area (Å²) in [5.41, 5.74) is 1.12. The highest BCUT2D eigenvalue weighted by Gasteiger charge is 2.03. The predicted octanol–water partition coefficient (Wildman–Crippen LogP) is 2.78. The summed E-state index contributed by atoms with van der Waals surface area (Å²) in [4.78, 5) is 16.3. The molecule has 0 bridgehead atoms. The normalized spacial score (nSPS) is 11.3. The molecule has 2 aromatic rings. The molecule has 0 saturated carbocycles. The molecule has 6 nitrogen and oxygen atoms in total. The fourth-order valence-electron chi connectivity index (χ4n) is 2.70. The van der Waals surface area contributed by atoms with Crippen LogP contribution < -0.4 is 20.9 Å². The Hall–Kier alpha value is -2.76. The van der Waals surface area contributed by atoms with Gasteiger partial charge in [-0.15, -0.1) is 0 Å². The van der Waals surface area contributed by atoms with Gasteiger partial charge in [-0.05, 0) is 38.8 Å². The van der Waals surface area contributed by atoms with E-state index >= 15 is 0 Å². The van der Waals surface area contributed by atoms with Gasteiger partial charge in [-0.1, -0.05) is 24.3 Å². The minimum absolute atomic E-state index is 0.0494. The molecule has 0 saturated heterocycles. The lowest BCUT2D eigenvalue weighted by Gasteiger charge is -2.13. The maximum atomic E-state index is 11.7. The number of benzene rings is 1. The van der Waals surface area contributed by atoms with Crippen LogP contribution in [-0.2, 0) is 13.1 Å². The smallest absolute Gasteiger partial charge is 0.250 e. The Morgan fingerprint density at radius 3 is 2.67 bits per heavy atom. The van der Waals surface area contributed by atoms with Gasteiger partial charge in [0.25, 0.3) is 0 Å². The molecule has 1 aromatic carbocycles. The van der Waals surface area contributed by atoms with Crippen LogP contribution in [0.2, 0.25) is 0 Å². The average molecular weight is 370 g/mol. The summed E-state index contributed by atoms with van der Waals surface area (Å²) in [5.74, 6) is 1.67. The zero-order valence-corrected chi connectivity index (χ0v) is 16.3. The maximum Gasteiger partial charge on any atom is 0.250 e. The quantitative estimate of drug-likeness (QED) is 0.383. The Bertz CT molecular complexity index is 771. The number of para-hydroxylation sites is 1. The van der Waals surface area contributed by atoms with Crippen molar-refractivity contribution >= 4 is 5.96 Å². The topological polar surface area (TPSA) is 67.7 Å². The Balaban J connectivity index is 1.81. The number of nitrogens with zero attached hydrogens (tertiary/aromatic N) is 2. The summed E-state index contributed by atoms with van der Waals surface area (Å²) in [7, 11) is 0. The molecule has 0 aliphatic heterocycles. The zero-order valence-electron chi connectivity index (χ0n) is 16.3. The minimum Gasteiger partial charge on any atom is -0.494 e. The maximum absolute atomic E-state index is 11.7. The van der Waals surface area contributed by atoms with Gasteiger partial charge >= 0.3 is 0 Å². The molecule has 0 aliphatic carbocycles. The lowest BCUT2D eigenvalue weighted by atomic mass is 10.2. The molecule has 1 aromatic heterocycles. The molecule has 0 atom stereocenters. The van der Waals surface area contributed by atoms with Crippen LogP contribution >= 0.6 is 0 Å². The second-order valence-electron chi connectivity index (χ2n) is 6.10. The Morgan fingerprint density at radius 2 is 1.89 bits per heavy atom. The molecule has 2 N–H and O–H groups in total. The number of aryl methyl sites for hydroxylation is 1. The van der Waals surface area contributed by atoms with Crippen LogP contribution in [-0.4, -0.2) is 30.2 Å². The number of nitrogens with one attached hydrogen (secondary N) is 2. The first-order valence-electron chi connectivity index (χ1n) is 9.63. The minimum atomic E-state index is 0.0494. The van der Waals surface area contributed by atoms with Crippen molar-refractivity contribution in [1.29, 1.82) is 0 Å². The van der Waals surface area contributed by atoms with E-state index in [9.17, 15) is 4.79 Å². The van der Waals surface area contributed by atoms with Crippen LogP contribution in [0.1, 0.15) is 32.3 Å². The van der Waals surface area contributed by atoms with Crippen molar-refractivity contribution < 1.29 is 4.74 Å². The van der Waals surface area contributed by atoms with E-state index < -0.39 is 0 Å². The van der Waals surface area contributed by atoms with Gasteiger partial charge in [-0.3, -0.25) is 4.79 Å². The molecule has 0 radical (unpaired) electrons. The monoisotopic (exact) mass is 370 g/mol. The van der Waals surface area contributed by atoms with E-state index in [1.165, 1.54) is 0 Å². The van der Waals surface area contributed by atoms with Crippen molar-refractivity contribution in [2.45, 2.75) is 39.8 Å². The third-order valence-electron chi connectivity index (χ3n) is 4.04. The fourth-order valence-corrected chi connectivity index (χ4v) is 2.70. The first kappa shape index (κ1) is 20.6.